The average molecular weight is 467 g/mol. The molecule has 2 amide bonds. The van der Waals surface area contributed by atoms with Crippen molar-refractivity contribution < 1.29 is 24.2 Å². The Morgan fingerprint density at radius 3 is 2.21 bits per heavy atom. The monoisotopic (exact) mass is 466 g/mol. The van der Waals surface area contributed by atoms with Crippen LogP contribution in [-0.2, 0) is 14.3 Å². The molecule has 0 fully saturated rings. The second-order valence-corrected chi connectivity index (χ2v) is 9.00. The van der Waals surface area contributed by atoms with Crippen LogP contribution < -0.4 is 10.6 Å². The first-order valence-electron chi connectivity index (χ1n) is 12.0. The first-order chi connectivity index (χ1) is 16.4. The Morgan fingerprint density at radius 2 is 1.62 bits per heavy atom. The van der Waals surface area contributed by atoms with E-state index in [1.807, 2.05) is 38.1 Å². The molecule has 2 atom stereocenters. The molecule has 0 radical (unpaired) electrons. The van der Waals surface area contributed by atoms with E-state index >= 15 is 0 Å². The normalized spacial score (nSPS) is 13.9. The number of aliphatic carboxylic acids is 1. The summed E-state index contributed by atoms with van der Waals surface area (Å²) in [6.07, 6.45) is 1.69. The minimum atomic E-state index is -0.839. The maximum absolute atomic E-state index is 12.6. The maximum Gasteiger partial charge on any atom is 0.407 e. The van der Waals surface area contributed by atoms with E-state index in [0.717, 1.165) is 17.5 Å². The number of alkyl carbamates (subject to hydrolysis) is 1. The maximum atomic E-state index is 12.6. The van der Waals surface area contributed by atoms with Gasteiger partial charge in [-0.2, -0.15) is 0 Å². The summed E-state index contributed by atoms with van der Waals surface area (Å²) in [6.45, 7) is 4.54. The van der Waals surface area contributed by atoms with Gasteiger partial charge in [0.05, 0.1) is 0 Å². The quantitative estimate of drug-likeness (QED) is 0.421. The fourth-order valence-electron chi connectivity index (χ4n) is 4.44. The number of fused-ring (bicyclic) bond motifs is 3. The van der Waals surface area contributed by atoms with Crippen LogP contribution >= 0.6 is 0 Å². The van der Waals surface area contributed by atoms with Crippen LogP contribution in [0.15, 0.2) is 48.5 Å². The Balaban J connectivity index is 1.50. The summed E-state index contributed by atoms with van der Waals surface area (Å²) < 4.78 is 5.61. The van der Waals surface area contributed by atoms with Gasteiger partial charge in [-0.25, -0.2) is 4.79 Å². The zero-order chi connectivity index (χ0) is 24.5. The summed E-state index contributed by atoms with van der Waals surface area (Å²) in [5.41, 5.74) is 4.64. The number of carboxylic acids is 1. The molecule has 1 unspecified atom stereocenters. The number of ether oxygens (including phenoxy) is 1. The van der Waals surface area contributed by atoms with Crippen LogP contribution in [0.3, 0.4) is 0 Å². The van der Waals surface area contributed by atoms with Gasteiger partial charge >= 0.3 is 12.1 Å². The predicted octanol–water partition coefficient (Wildman–Crippen LogP) is 4.70. The largest absolute Gasteiger partial charge is 0.481 e. The van der Waals surface area contributed by atoms with Crippen LogP contribution in [0.2, 0.25) is 0 Å². The van der Waals surface area contributed by atoms with Gasteiger partial charge in [0.25, 0.3) is 0 Å². The van der Waals surface area contributed by atoms with Gasteiger partial charge in [-0.1, -0.05) is 68.8 Å². The van der Waals surface area contributed by atoms with E-state index in [1.54, 1.807) is 0 Å². The highest BCUT2D eigenvalue weighted by molar-refractivity contribution is 5.79. The fraction of sp³-hybridized carbons (Fsp3) is 0.444. The van der Waals surface area contributed by atoms with Crippen LogP contribution in [0.4, 0.5) is 4.79 Å². The van der Waals surface area contributed by atoms with Crippen LogP contribution in [-0.4, -0.2) is 42.3 Å². The highest BCUT2D eigenvalue weighted by atomic mass is 16.5. The van der Waals surface area contributed by atoms with Crippen molar-refractivity contribution in [2.45, 2.75) is 57.9 Å². The van der Waals surface area contributed by atoms with Crippen molar-refractivity contribution in [1.82, 2.24) is 10.6 Å². The summed E-state index contributed by atoms with van der Waals surface area (Å²) in [7, 11) is 0. The van der Waals surface area contributed by atoms with Gasteiger partial charge in [0.15, 0.2) is 0 Å². The Bertz CT molecular complexity index is 961. The zero-order valence-electron chi connectivity index (χ0n) is 19.9. The number of nitrogens with one attached hydrogen (secondary N) is 2. The van der Waals surface area contributed by atoms with Crippen molar-refractivity contribution in [2.24, 2.45) is 5.92 Å². The van der Waals surface area contributed by atoms with Crippen molar-refractivity contribution in [3.05, 3.63) is 59.7 Å². The lowest BCUT2D eigenvalue weighted by atomic mass is 9.98. The second-order valence-electron chi connectivity index (χ2n) is 9.00. The van der Waals surface area contributed by atoms with E-state index < -0.39 is 12.1 Å². The smallest absolute Gasteiger partial charge is 0.407 e. The first kappa shape index (κ1) is 25.3. The molecule has 3 N–H and O–H groups in total. The number of rotatable bonds is 12. The van der Waals surface area contributed by atoms with E-state index in [1.165, 1.54) is 11.1 Å². The second kappa shape index (κ2) is 12.2. The zero-order valence-corrected chi connectivity index (χ0v) is 19.9. The molecule has 1 aliphatic carbocycles. The minimum absolute atomic E-state index is 0.0154. The molecule has 2 aromatic carbocycles. The van der Waals surface area contributed by atoms with E-state index in [4.69, 9.17) is 9.84 Å². The molecule has 0 bridgehead atoms. The Labute approximate surface area is 200 Å². The van der Waals surface area contributed by atoms with Crippen LogP contribution in [0.5, 0.6) is 0 Å². The number of carboxylic acid groups (broad SMARTS) is 1. The van der Waals surface area contributed by atoms with Gasteiger partial charge in [-0.15, -0.1) is 0 Å². The van der Waals surface area contributed by atoms with Crippen molar-refractivity contribution in [3.63, 3.8) is 0 Å². The third-order valence-electron chi connectivity index (χ3n) is 6.23. The summed E-state index contributed by atoms with van der Waals surface area (Å²) in [5.74, 6) is -0.953. The number of benzene rings is 2. The molecular formula is C27H34N2O5. The summed E-state index contributed by atoms with van der Waals surface area (Å²) >= 11 is 0. The molecule has 0 heterocycles. The number of hydrogen-bond donors (Lipinski definition) is 3. The molecule has 0 spiro atoms. The molecule has 0 aromatic heterocycles. The number of hydrogen-bond acceptors (Lipinski definition) is 4. The van der Waals surface area contributed by atoms with Crippen LogP contribution in [0.25, 0.3) is 11.1 Å². The molecule has 0 saturated carbocycles. The van der Waals surface area contributed by atoms with Crippen molar-refractivity contribution in [2.75, 3.05) is 13.2 Å². The Morgan fingerprint density at radius 1 is 1.00 bits per heavy atom. The fourth-order valence-corrected chi connectivity index (χ4v) is 4.44. The van der Waals surface area contributed by atoms with Crippen molar-refractivity contribution in [1.29, 1.82) is 0 Å². The van der Waals surface area contributed by atoms with Gasteiger partial charge in [-0.3, -0.25) is 9.59 Å². The van der Waals surface area contributed by atoms with E-state index in [0.29, 0.717) is 19.4 Å². The Hall–Kier alpha value is -3.35. The number of carbonyl (C=O) groups is 3. The van der Waals surface area contributed by atoms with Crippen molar-refractivity contribution >= 4 is 18.0 Å². The van der Waals surface area contributed by atoms with E-state index in [2.05, 4.69) is 34.9 Å². The van der Waals surface area contributed by atoms with Gasteiger partial charge < -0.3 is 20.5 Å². The third-order valence-corrected chi connectivity index (χ3v) is 6.23. The molecular weight excluding hydrogens is 432 g/mol. The molecule has 182 valence electrons. The lowest BCUT2D eigenvalue weighted by Crippen LogP contribution is -2.40. The van der Waals surface area contributed by atoms with Gasteiger partial charge in [0, 0.05) is 31.3 Å². The standard InChI is InChI=1S/C27H34N2O5/c1-3-8-19(15-25(30)28-16-18(2)13-14-26(31)32)29-27(33)34-17-24-22-11-6-4-9-20(22)21-10-5-7-12-23(21)24/h4-7,9-12,18-19,24H,3,8,13-17H2,1-2H3,(H,28,30)(H,29,33)(H,31,32)/t18?,19-/m1/s1. The molecule has 0 saturated heterocycles. The van der Waals surface area contributed by atoms with Gasteiger partial charge in [0.2, 0.25) is 5.91 Å². The lowest BCUT2D eigenvalue weighted by Gasteiger charge is -2.20. The SMILES string of the molecule is CCC[C@H](CC(=O)NCC(C)CCC(=O)O)NC(=O)OCC1c2ccccc2-c2ccccc21. The average Bonchev–Trinajstić information content (AvgIpc) is 3.14. The highest BCUT2D eigenvalue weighted by Crippen LogP contribution is 2.44. The molecule has 34 heavy (non-hydrogen) atoms. The third kappa shape index (κ3) is 6.83. The van der Waals surface area contributed by atoms with Gasteiger partial charge in [-0.05, 0) is 41.0 Å². The topological polar surface area (TPSA) is 105 Å². The lowest BCUT2D eigenvalue weighted by molar-refractivity contribution is -0.137. The molecule has 7 heteroatoms. The number of amides is 2. The molecule has 1 aliphatic rings. The molecule has 7 nitrogen and oxygen atoms in total. The molecule has 0 aliphatic heterocycles. The summed E-state index contributed by atoms with van der Waals surface area (Å²) in [6, 6.07) is 16.0. The number of carbonyl (C=O) groups excluding carboxylic acids is 2. The van der Waals surface area contributed by atoms with Crippen LogP contribution in [0.1, 0.15) is 63.0 Å². The molecule has 2 aromatic rings. The minimum Gasteiger partial charge on any atom is -0.481 e. The first-order valence-corrected chi connectivity index (χ1v) is 12.0. The molecule has 3 rings (SSSR count). The summed E-state index contributed by atoms with van der Waals surface area (Å²) in [5, 5.41) is 14.5. The van der Waals surface area contributed by atoms with Crippen LogP contribution in [0, 0.1) is 5.92 Å². The van der Waals surface area contributed by atoms with Gasteiger partial charge in [0.1, 0.15) is 6.61 Å². The Kier molecular flexibility index (Phi) is 9.08. The van der Waals surface area contributed by atoms with E-state index in [-0.39, 0.29) is 43.2 Å². The van der Waals surface area contributed by atoms with E-state index in [9.17, 15) is 14.4 Å². The highest BCUT2D eigenvalue weighted by Gasteiger charge is 2.29. The predicted molar refractivity (Wildman–Crippen MR) is 131 cm³/mol. The summed E-state index contributed by atoms with van der Waals surface area (Å²) in [4.78, 5) is 35.6. The van der Waals surface area contributed by atoms with Crippen molar-refractivity contribution in [3.8, 4) is 11.1 Å².